The maximum atomic E-state index is 4.61. The van der Waals surface area contributed by atoms with Gasteiger partial charge in [-0.25, -0.2) is 0 Å². The van der Waals surface area contributed by atoms with Crippen molar-refractivity contribution in [3.8, 4) is 11.1 Å². The molecule has 0 radical (unpaired) electrons. The number of hydrogen-bond donors (Lipinski definition) is 0. The molecular weight excluding hydrogens is 653 g/mol. The van der Waals surface area contributed by atoms with E-state index >= 15 is 0 Å². The summed E-state index contributed by atoms with van der Waals surface area (Å²) in [4.78, 5) is 4.59. The highest BCUT2D eigenvalue weighted by Gasteiger charge is 2.19. The van der Waals surface area contributed by atoms with Crippen molar-refractivity contribution >= 4 is 45.3 Å². The van der Waals surface area contributed by atoms with E-state index < -0.39 is 0 Å². The second kappa shape index (κ2) is 15.6. The summed E-state index contributed by atoms with van der Waals surface area (Å²) >= 11 is 0. The minimum absolute atomic E-state index is 0.972. The van der Waals surface area contributed by atoms with E-state index in [1.54, 1.807) is 0 Å². The van der Waals surface area contributed by atoms with Crippen molar-refractivity contribution in [2.24, 2.45) is 0 Å². The first kappa shape index (κ1) is 34.0. The Morgan fingerprint density at radius 2 is 0.537 bits per heavy atom. The molecule has 0 unspecified atom stereocenters. The van der Waals surface area contributed by atoms with Crippen LogP contribution < -0.4 is 9.80 Å². The SMILES string of the molecule is C=C(c1ccc(-c2ccc(C(=C)c3ccccc3N(c3ccccc3)c3ccccc3)cc2)cc1)c1ccccc1N(c1ccccc1)c1ccccc1. The summed E-state index contributed by atoms with van der Waals surface area (Å²) in [5.74, 6) is 0. The fraction of sp³-hybridized carbons (Fsp3) is 0. The van der Waals surface area contributed by atoms with Gasteiger partial charge in [-0.3, -0.25) is 0 Å². The highest BCUT2D eigenvalue weighted by atomic mass is 15.1. The molecule has 8 aromatic carbocycles. The Bertz CT molecular complexity index is 2230. The van der Waals surface area contributed by atoms with E-state index in [1.807, 2.05) is 0 Å². The number of para-hydroxylation sites is 6. The average Bonchev–Trinajstić information content (AvgIpc) is 3.25. The van der Waals surface area contributed by atoms with Gasteiger partial charge in [-0.15, -0.1) is 0 Å². The zero-order valence-electron chi connectivity index (χ0n) is 30.1. The minimum atomic E-state index is 0.972. The van der Waals surface area contributed by atoms with E-state index in [1.165, 1.54) is 0 Å². The molecule has 0 atom stereocenters. The van der Waals surface area contributed by atoms with Gasteiger partial charge in [0.05, 0.1) is 11.4 Å². The Morgan fingerprint density at radius 1 is 0.278 bits per heavy atom. The maximum absolute atomic E-state index is 4.61. The van der Waals surface area contributed by atoms with Crippen molar-refractivity contribution in [3.05, 3.63) is 254 Å². The predicted molar refractivity (Wildman–Crippen MR) is 230 cm³/mol. The molecule has 0 spiro atoms. The van der Waals surface area contributed by atoms with Gasteiger partial charge in [-0.05, 0) is 94.1 Å². The van der Waals surface area contributed by atoms with Crippen LogP contribution in [0, 0.1) is 0 Å². The third-order valence-electron chi connectivity index (χ3n) is 9.80. The first-order valence-corrected chi connectivity index (χ1v) is 18.2. The Labute approximate surface area is 318 Å². The number of nitrogens with zero attached hydrogens (tertiary/aromatic N) is 2. The Morgan fingerprint density at radius 3 is 0.833 bits per heavy atom. The van der Waals surface area contributed by atoms with Gasteiger partial charge >= 0.3 is 0 Å². The first-order valence-electron chi connectivity index (χ1n) is 18.2. The topological polar surface area (TPSA) is 6.48 Å². The first-order chi connectivity index (χ1) is 26.7. The second-order valence-electron chi connectivity index (χ2n) is 13.2. The van der Waals surface area contributed by atoms with Crippen LogP contribution in [0.25, 0.3) is 22.3 Å². The molecule has 0 bridgehead atoms. The maximum Gasteiger partial charge on any atom is 0.0540 e. The number of rotatable bonds is 11. The quantitative estimate of drug-likeness (QED) is 0.133. The van der Waals surface area contributed by atoms with Gasteiger partial charge in [0.1, 0.15) is 0 Å². The van der Waals surface area contributed by atoms with Crippen molar-refractivity contribution in [3.63, 3.8) is 0 Å². The van der Waals surface area contributed by atoms with Crippen LogP contribution in [-0.4, -0.2) is 0 Å². The summed E-state index contributed by atoms with van der Waals surface area (Å²) in [5.41, 5.74) is 15.1. The fourth-order valence-electron chi connectivity index (χ4n) is 7.05. The molecule has 8 aromatic rings. The van der Waals surface area contributed by atoms with E-state index in [0.717, 1.165) is 78.7 Å². The monoisotopic (exact) mass is 692 g/mol. The van der Waals surface area contributed by atoms with Crippen molar-refractivity contribution in [1.29, 1.82) is 0 Å². The summed E-state index contributed by atoms with van der Waals surface area (Å²) in [6.07, 6.45) is 0. The van der Waals surface area contributed by atoms with Crippen molar-refractivity contribution in [2.75, 3.05) is 9.80 Å². The lowest BCUT2D eigenvalue weighted by atomic mass is 9.93. The molecule has 0 N–H and O–H groups in total. The summed E-state index contributed by atoms with van der Waals surface area (Å²) < 4.78 is 0. The van der Waals surface area contributed by atoms with Gasteiger partial charge in [-0.1, -0.05) is 171 Å². The lowest BCUT2D eigenvalue weighted by molar-refractivity contribution is 1.27. The third kappa shape index (κ3) is 7.01. The molecular formula is C52H40N2. The Balaban J connectivity index is 1.06. The summed E-state index contributed by atoms with van der Waals surface area (Å²) in [6, 6.07) is 76.4. The highest BCUT2D eigenvalue weighted by Crippen LogP contribution is 2.42. The highest BCUT2D eigenvalue weighted by molar-refractivity contribution is 5.92. The minimum Gasteiger partial charge on any atom is -0.310 e. The van der Waals surface area contributed by atoms with Crippen LogP contribution >= 0.6 is 0 Å². The molecule has 258 valence electrons. The summed E-state index contributed by atoms with van der Waals surface area (Å²) in [5, 5.41) is 0. The lowest BCUT2D eigenvalue weighted by Crippen LogP contribution is -2.12. The molecule has 0 aliphatic carbocycles. The molecule has 2 nitrogen and oxygen atoms in total. The standard InChI is InChI=1S/C52H40N2/c1-39(49-27-15-17-29-51(49)53(45-19-7-3-8-20-45)46-21-9-4-10-22-46)41-31-35-43(36-32-41)44-37-33-42(34-38-44)40(2)50-28-16-18-30-52(50)54(47-23-11-5-12-24-47)48-25-13-6-14-26-48/h3-38H,1-2H2. The van der Waals surface area contributed by atoms with Crippen LogP contribution in [0.4, 0.5) is 34.1 Å². The van der Waals surface area contributed by atoms with Crippen molar-refractivity contribution in [1.82, 2.24) is 0 Å². The molecule has 54 heavy (non-hydrogen) atoms. The lowest BCUT2D eigenvalue weighted by Gasteiger charge is -2.28. The number of anilines is 6. The van der Waals surface area contributed by atoms with E-state index in [4.69, 9.17) is 0 Å². The molecule has 0 saturated carbocycles. The van der Waals surface area contributed by atoms with Gasteiger partial charge in [0.25, 0.3) is 0 Å². The smallest absolute Gasteiger partial charge is 0.0540 e. The third-order valence-corrected chi connectivity index (χ3v) is 9.80. The van der Waals surface area contributed by atoms with Crippen LogP contribution in [0.1, 0.15) is 22.3 Å². The largest absolute Gasteiger partial charge is 0.310 e. The van der Waals surface area contributed by atoms with Gasteiger partial charge < -0.3 is 9.80 Å². The molecule has 0 aromatic heterocycles. The predicted octanol–water partition coefficient (Wildman–Crippen LogP) is 14.4. The van der Waals surface area contributed by atoms with Crippen LogP contribution in [0.2, 0.25) is 0 Å². The number of benzene rings is 8. The molecule has 0 saturated heterocycles. The average molecular weight is 693 g/mol. The summed E-state index contributed by atoms with van der Waals surface area (Å²) in [6.45, 7) is 9.21. The fourth-order valence-corrected chi connectivity index (χ4v) is 7.05. The van der Waals surface area contributed by atoms with E-state index in [9.17, 15) is 0 Å². The van der Waals surface area contributed by atoms with Gasteiger partial charge in [0.2, 0.25) is 0 Å². The van der Waals surface area contributed by atoms with Crippen molar-refractivity contribution < 1.29 is 0 Å². The zero-order chi connectivity index (χ0) is 36.7. The van der Waals surface area contributed by atoms with Crippen molar-refractivity contribution in [2.45, 2.75) is 0 Å². The van der Waals surface area contributed by atoms with Crippen LogP contribution in [0.3, 0.4) is 0 Å². The normalized spacial score (nSPS) is 10.7. The van der Waals surface area contributed by atoms with Gasteiger partial charge in [-0.2, -0.15) is 0 Å². The van der Waals surface area contributed by atoms with Crippen LogP contribution in [-0.2, 0) is 0 Å². The molecule has 0 amide bonds. The van der Waals surface area contributed by atoms with Gasteiger partial charge in [0.15, 0.2) is 0 Å². The van der Waals surface area contributed by atoms with E-state index in [-0.39, 0.29) is 0 Å². The molecule has 0 aliphatic rings. The van der Waals surface area contributed by atoms with Gasteiger partial charge in [0, 0.05) is 33.9 Å². The molecule has 0 fully saturated rings. The summed E-state index contributed by atoms with van der Waals surface area (Å²) in [7, 11) is 0. The Hall–Kier alpha value is -7.16. The molecule has 8 rings (SSSR count). The molecule has 0 heterocycles. The van der Waals surface area contributed by atoms with E-state index in [0.29, 0.717) is 0 Å². The second-order valence-corrected chi connectivity index (χ2v) is 13.2. The number of hydrogen-bond acceptors (Lipinski definition) is 2. The molecule has 2 heteroatoms. The van der Waals surface area contributed by atoms with E-state index in [2.05, 4.69) is 241 Å². The van der Waals surface area contributed by atoms with Crippen LogP contribution in [0.15, 0.2) is 232 Å². The zero-order valence-corrected chi connectivity index (χ0v) is 30.1. The molecule has 0 aliphatic heterocycles. The van der Waals surface area contributed by atoms with Crippen LogP contribution in [0.5, 0.6) is 0 Å². The Kier molecular flexibility index (Phi) is 9.82.